The predicted molar refractivity (Wildman–Crippen MR) is 95.7 cm³/mol. The zero-order chi connectivity index (χ0) is 16.4. The molecular weight excluding hydrogens is 334 g/mol. The van der Waals surface area contributed by atoms with Gasteiger partial charge in [-0.3, -0.25) is 0 Å². The Kier molecular flexibility index (Phi) is 4.90. The second-order valence-corrected chi connectivity index (χ2v) is 6.36. The smallest absolute Gasteiger partial charge is 0.132 e. The third-order valence-electron chi connectivity index (χ3n) is 3.96. The van der Waals surface area contributed by atoms with Crippen molar-refractivity contribution in [1.29, 1.82) is 0 Å². The lowest BCUT2D eigenvalue weighted by Crippen LogP contribution is -1.99. The molecule has 0 radical (unpaired) electrons. The van der Waals surface area contributed by atoms with Crippen molar-refractivity contribution in [3.8, 4) is 11.3 Å². The lowest BCUT2D eigenvalue weighted by Gasteiger charge is -2.06. The van der Waals surface area contributed by atoms with Crippen molar-refractivity contribution in [3.05, 3.63) is 57.8 Å². The molecule has 0 aliphatic rings. The summed E-state index contributed by atoms with van der Waals surface area (Å²) in [5.74, 6) is -0.263. The van der Waals surface area contributed by atoms with Crippen LogP contribution in [0.3, 0.4) is 0 Å². The summed E-state index contributed by atoms with van der Waals surface area (Å²) in [6, 6.07) is 10.3. The number of benzene rings is 2. The SMILES string of the molecule is NCCCCc1c(-c2ccccc2F)[nH]c2c(Cl)cc(Cl)cc12. The predicted octanol–water partition coefficient (Wildman–Crippen LogP) is 5.56. The summed E-state index contributed by atoms with van der Waals surface area (Å²) in [7, 11) is 0. The Labute approximate surface area is 144 Å². The largest absolute Gasteiger partial charge is 0.353 e. The van der Waals surface area contributed by atoms with E-state index >= 15 is 0 Å². The molecule has 0 spiro atoms. The average Bonchev–Trinajstić information content (AvgIpc) is 2.87. The van der Waals surface area contributed by atoms with Crippen molar-refractivity contribution < 1.29 is 4.39 Å². The van der Waals surface area contributed by atoms with Gasteiger partial charge in [-0.15, -0.1) is 0 Å². The van der Waals surface area contributed by atoms with E-state index < -0.39 is 0 Å². The Morgan fingerprint density at radius 2 is 1.87 bits per heavy atom. The van der Waals surface area contributed by atoms with Gasteiger partial charge in [-0.2, -0.15) is 0 Å². The monoisotopic (exact) mass is 350 g/mol. The van der Waals surface area contributed by atoms with Crippen molar-refractivity contribution in [2.45, 2.75) is 19.3 Å². The Morgan fingerprint density at radius 3 is 2.61 bits per heavy atom. The number of unbranched alkanes of at least 4 members (excludes halogenated alkanes) is 1. The van der Waals surface area contributed by atoms with Gasteiger partial charge in [-0.1, -0.05) is 35.3 Å². The number of aromatic amines is 1. The van der Waals surface area contributed by atoms with E-state index in [1.807, 2.05) is 12.1 Å². The van der Waals surface area contributed by atoms with Crippen molar-refractivity contribution in [3.63, 3.8) is 0 Å². The van der Waals surface area contributed by atoms with Gasteiger partial charge in [-0.05, 0) is 55.6 Å². The number of hydrogen-bond acceptors (Lipinski definition) is 1. The zero-order valence-electron chi connectivity index (χ0n) is 12.5. The molecule has 3 rings (SSSR count). The van der Waals surface area contributed by atoms with Gasteiger partial charge in [0.2, 0.25) is 0 Å². The van der Waals surface area contributed by atoms with Crippen molar-refractivity contribution in [2.75, 3.05) is 6.54 Å². The highest BCUT2D eigenvalue weighted by Crippen LogP contribution is 2.37. The second-order valence-electron chi connectivity index (χ2n) is 5.51. The number of hydrogen-bond donors (Lipinski definition) is 2. The molecule has 0 saturated carbocycles. The van der Waals surface area contributed by atoms with Gasteiger partial charge >= 0.3 is 0 Å². The maximum Gasteiger partial charge on any atom is 0.132 e. The Balaban J connectivity index is 2.21. The van der Waals surface area contributed by atoms with Gasteiger partial charge in [0.15, 0.2) is 0 Å². The molecule has 1 aromatic heterocycles. The molecule has 0 saturated heterocycles. The third kappa shape index (κ3) is 3.23. The molecule has 5 heteroatoms. The van der Waals surface area contributed by atoms with E-state index in [0.717, 1.165) is 41.4 Å². The van der Waals surface area contributed by atoms with Crippen LogP contribution in [0, 0.1) is 5.82 Å². The minimum absolute atomic E-state index is 0.263. The van der Waals surface area contributed by atoms with Gasteiger partial charge in [0.05, 0.1) is 16.2 Å². The lowest BCUT2D eigenvalue weighted by molar-refractivity contribution is 0.630. The van der Waals surface area contributed by atoms with Gasteiger partial charge < -0.3 is 10.7 Å². The molecule has 3 N–H and O–H groups in total. The Bertz CT molecular complexity index is 842. The molecule has 0 bridgehead atoms. The van der Waals surface area contributed by atoms with E-state index in [1.54, 1.807) is 18.2 Å². The van der Waals surface area contributed by atoms with Crippen LogP contribution in [0.1, 0.15) is 18.4 Å². The molecule has 0 fully saturated rings. The topological polar surface area (TPSA) is 41.8 Å². The number of halogens is 3. The van der Waals surface area contributed by atoms with Crippen LogP contribution in [-0.2, 0) is 6.42 Å². The van der Waals surface area contributed by atoms with E-state index in [1.165, 1.54) is 6.07 Å². The fraction of sp³-hybridized carbons (Fsp3) is 0.222. The summed E-state index contributed by atoms with van der Waals surface area (Å²) in [6.07, 6.45) is 2.63. The number of aryl methyl sites for hydroxylation is 1. The summed E-state index contributed by atoms with van der Waals surface area (Å²) in [6.45, 7) is 0.638. The summed E-state index contributed by atoms with van der Waals surface area (Å²) >= 11 is 12.5. The van der Waals surface area contributed by atoms with Crippen molar-refractivity contribution in [2.24, 2.45) is 5.73 Å². The molecule has 0 unspecified atom stereocenters. The highest BCUT2D eigenvalue weighted by atomic mass is 35.5. The van der Waals surface area contributed by atoms with Crippen LogP contribution in [0.2, 0.25) is 10.0 Å². The molecule has 1 heterocycles. The molecule has 0 aliphatic heterocycles. The number of aromatic nitrogens is 1. The first-order chi connectivity index (χ1) is 11.1. The molecular formula is C18H17Cl2FN2. The number of fused-ring (bicyclic) bond motifs is 1. The van der Waals surface area contributed by atoms with E-state index in [4.69, 9.17) is 28.9 Å². The molecule has 0 aliphatic carbocycles. The minimum Gasteiger partial charge on any atom is -0.353 e. The molecule has 0 atom stereocenters. The maximum atomic E-state index is 14.3. The summed E-state index contributed by atoms with van der Waals surface area (Å²) < 4.78 is 14.3. The summed E-state index contributed by atoms with van der Waals surface area (Å²) in [5.41, 5.74) is 8.72. The number of H-pyrrole nitrogens is 1. The van der Waals surface area contributed by atoms with Crippen LogP contribution in [0.25, 0.3) is 22.2 Å². The van der Waals surface area contributed by atoms with Crippen LogP contribution < -0.4 is 5.73 Å². The fourth-order valence-corrected chi connectivity index (χ4v) is 3.41. The molecule has 0 amide bonds. The van der Waals surface area contributed by atoms with E-state index in [-0.39, 0.29) is 5.82 Å². The van der Waals surface area contributed by atoms with E-state index in [9.17, 15) is 4.39 Å². The average molecular weight is 351 g/mol. The first kappa shape index (κ1) is 16.3. The van der Waals surface area contributed by atoms with Gasteiger partial charge in [-0.25, -0.2) is 4.39 Å². The molecule has 23 heavy (non-hydrogen) atoms. The quantitative estimate of drug-likeness (QED) is 0.581. The number of rotatable bonds is 5. The molecule has 2 aromatic carbocycles. The fourth-order valence-electron chi connectivity index (χ4n) is 2.87. The van der Waals surface area contributed by atoms with Gasteiger partial charge in [0.1, 0.15) is 5.82 Å². The first-order valence-corrected chi connectivity index (χ1v) is 8.32. The Morgan fingerprint density at radius 1 is 1.09 bits per heavy atom. The standard InChI is InChI=1S/C18H17Cl2FN2/c19-11-9-14-12(5-3-4-8-22)17(23-18(14)15(20)10-11)13-6-1-2-7-16(13)21/h1-2,6-7,9-10,23H,3-5,8,22H2. The minimum atomic E-state index is -0.263. The highest BCUT2D eigenvalue weighted by molar-refractivity contribution is 6.38. The normalized spacial score (nSPS) is 11.3. The molecule has 2 nitrogen and oxygen atoms in total. The highest BCUT2D eigenvalue weighted by Gasteiger charge is 2.17. The molecule has 120 valence electrons. The van der Waals surface area contributed by atoms with Crippen LogP contribution in [0.5, 0.6) is 0 Å². The van der Waals surface area contributed by atoms with Crippen LogP contribution in [0.4, 0.5) is 4.39 Å². The van der Waals surface area contributed by atoms with Crippen LogP contribution in [0.15, 0.2) is 36.4 Å². The summed E-state index contributed by atoms with van der Waals surface area (Å²) in [5, 5.41) is 2.05. The molecule has 3 aromatic rings. The summed E-state index contributed by atoms with van der Waals surface area (Å²) in [4.78, 5) is 3.28. The number of nitrogens with two attached hydrogens (primary N) is 1. The number of nitrogens with one attached hydrogen (secondary N) is 1. The van der Waals surface area contributed by atoms with Crippen LogP contribution in [-0.4, -0.2) is 11.5 Å². The van der Waals surface area contributed by atoms with Crippen molar-refractivity contribution >= 4 is 34.1 Å². The van der Waals surface area contributed by atoms with Crippen LogP contribution >= 0.6 is 23.2 Å². The first-order valence-electron chi connectivity index (χ1n) is 7.56. The lowest BCUT2D eigenvalue weighted by atomic mass is 10.00. The zero-order valence-corrected chi connectivity index (χ0v) is 14.0. The van der Waals surface area contributed by atoms with Gasteiger partial charge in [0, 0.05) is 16.0 Å². The van der Waals surface area contributed by atoms with Gasteiger partial charge in [0.25, 0.3) is 0 Å². The third-order valence-corrected chi connectivity index (χ3v) is 4.47. The Hall–Kier alpha value is -1.55. The van der Waals surface area contributed by atoms with E-state index in [0.29, 0.717) is 22.2 Å². The maximum absolute atomic E-state index is 14.3. The van der Waals surface area contributed by atoms with E-state index in [2.05, 4.69) is 4.98 Å². The second kappa shape index (κ2) is 6.91. The van der Waals surface area contributed by atoms with Crippen molar-refractivity contribution in [1.82, 2.24) is 4.98 Å².